The first-order valence-electron chi connectivity index (χ1n) is 5.88. The Bertz CT molecular complexity index is 558. The van der Waals surface area contributed by atoms with Crippen molar-refractivity contribution < 1.29 is 0 Å². The second-order valence-corrected chi connectivity index (χ2v) is 4.09. The lowest BCUT2D eigenvalue weighted by Crippen LogP contribution is -2.34. The molecule has 1 aromatic heterocycles. The molecule has 0 fully saturated rings. The number of nitrogens with one attached hydrogen (secondary N) is 1. The van der Waals surface area contributed by atoms with Gasteiger partial charge in [0.2, 0.25) is 0 Å². The van der Waals surface area contributed by atoms with E-state index < -0.39 is 0 Å². The van der Waals surface area contributed by atoms with Crippen LogP contribution in [0.1, 0.15) is 13.3 Å². The molecule has 90 valence electrons. The van der Waals surface area contributed by atoms with Gasteiger partial charge in [0.1, 0.15) is 0 Å². The Hall–Kier alpha value is -1.68. The molecule has 0 aliphatic heterocycles. The summed E-state index contributed by atoms with van der Waals surface area (Å²) >= 11 is 0. The number of fused-ring (bicyclic) bond motifs is 1. The highest BCUT2D eigenvalue weighted by atomic mass is 16.1. The van der Waals surface area contributed by atoms with E-state index in [2.05, 4.69) is 17.2 Å². The Kier molecular flexibility index (Phi) is 3.54. The number of benzene rings is 1. The zero-order valence-electron chi connectivity index (χ0n) is 10.2. The van der Waals surface area contributed by atoms with Crippen molar-refractivity contribution in [2.75, 3.05) is 7.05 Å². The van der Waals surface area contributed by atoms with Gasteiger partial charge in [-0.2, -0.15) is 0 Å². The van der Waals surface area contributed by atoms with Crippen molar-refractivity contribution in [3.63, 3.8) is 0 Å². The minimum atomic E-state index is -0.0441. The largest absolute Gasteiger partial charge is 0.315 e. The van der Waals surface area contributed by atoms with Crippen LogP contribution in [0.4, 0.5) is 0 Å². The topological polar surface area (TPSA) is 46.9 Å². The first-order chi connectivity index (χ1) is 8.26. The molecule has 0 saturated heterocycles. The van der Waals surface area contributed by atoms with Crippen molar-refractivity contribution in [3.05, 3.63) is 40.8 Å². The van der Waals surface area contributed by atoms with Crippen molar-refractivity contribution in [1.82, 2.24) is 14.9 Å². The van der Waals surface area contributed by atoms with E-state index in [9.17, 15) is 4.79 Å². The third kappa shape index (κ3) is 2.36. The average Bonchev–Trinajstić information content (AvgIpc) is 2.38. The molecule has 2 aromatic rings. The number of hydrogen-bond donors (Lipinski definition) is 1. The van der Waals surface area contributed by atoms with Crippen LogP contribution in [0.2, 0.25) is 0 Å². The second kappa shape index (κ2) is 5.10. The van der Waals surface area contributed by atoms with Crippen molar-refractivity contribution >= 4 is 11.0 Å². The van der Waals surface area contributed by atoms with Crippen molar-refractivity contribution in [3.8, 4) is 0 Å². The Labute approximate surface area is 100 Å². The molecular formula is C13H17N3O. The monoisotopic (exact) mass is 231 g/mol. The van der Waals surface area contributed by atoms with Gasteiger partial charge in [-0.25, -0.2) is 4.98 Å². The normalized spacial score (nSPS) is 12.8. The van der Waals surface area contributed by atoms with E-state index in [1.165, 1.54) is 6.20 Å². The van der Waals surface area contributed by atoms with Crippen LogP contribution in [0.5, 0.6) is 0 Å². The molecule has 1 aromatic carbocycles. The van der Waals surface area contributed by atoms with Crippen LogP contribution in [0.3, 0.4) is 0 Å². The van der Waals surface area contributed by atoms with Crippen LogP contribution >= 0.6 is 0 Å². The summed E-state index contributed by atoms with van der Waals surface area (Å²) in [6.45, 7) is 2.78. The molecule has 0 bridgehead atoms. The minimum Gasteiger partial charge on any atom is -0.315 e. The van der Waals surface area contributed by atoms with Gasteiger partial charge in [-0.05, 0) is 25.6 Å². The number of nitrogens with zero attached hydrogens (tertiary/aromatic N) is 2. The second-order valence-electron chi connectivity index (χ2n) is 4.09. The van der Waals surface area contributed by atoms with E-state index in [-0.39, 0.29) is 5.56 Å². The van der Waals surface area contributed by atoms with Gasteiger partial charge < -0.3 is 9.88 Å². The van der Waals surface area contributed by atoms with Crippen molar-refractivity contribution in [2.24, 2.45) is 0 Å². The van der Waals surface area contributed by atoms with Gasteiger partial charge >= 0.3 is 0 Å². The lowest BCUT2D eigenvalue weighted by Gasteiger charge is -2.16. The van der Waals surface area contributed by atoms with Crippen LogP contribution in [-0.4, -0.2) is 22.6 Å². The molecule has 4 nitrogen and oxygen atoms in total. The van der Waals surface area contributed by atoms with Crippen molar-refractivity contribution in [2.45, 2.75) is 25.9 Å². The molecule has 0 spiro atoms. The fourth-order valence-corrected chi connectivity index (χ4v) is 1.95. The van der Waals surface area contributed by atoms with Gasteiger partial charge in [0, 0.05) is 12.6 Å². The molecule has 0 aliphatic carbocycles. The van der Waals surface area contributed by atoms with Crippen LogP contribution < -0.4 is 10.9 Å². The van der Waals surface area contributed by atoms with Gasteiger partial charge in [-0.15, -0.1) is 0 Å². The maximum Gasteiger partial charge on any atom is 0.269 e. The SMILES string of the molecule is CCC(Cn1c(=O)cnc2ccccc21)NC. The molecule has 0 amide bonds. The molecular weight excluding hydrogens is 214 g/mol. The van der Waals surface area contributed by atoms with Crippen LogP contribution in [-0.2, 0) is 6.54 Å². The minimum absolute atomic E-state index is 0.0441. The lowest BCUT2D eigenvalue weighted by atomic mass is 10.2. The highest BCUT2D eigenvalue weighted by Crippen LogP contribution is 2.09. The van der Waals surface area contributed by atoms with E-state index in [4.69, 9.17) is 0 Å². The van der Waals surface area contributed by atoms with Gasteiger partial charge in [0.05, 0.1) is 17.2 Å². The maximum atomic E-state index is 11.9. The van der Waals surface area contributed by atoms with Crippen molar-refractivity contribution in [1.29, 1.82) is 0 Å². The number of likely N-dealkylation sites (N-methyl/N-ethyl adjacent to an activating group) is 1. The molecule has 0 radical (unpaired) electrons. The highest BCUT2D eigenvalue weighted by molar-refractivity contribution is 5.74. The van der Waals surface area contributed by atoms with Gasteiger partial charge in [-0.3, -0.25) is 4.79 Å². The summed E-state index contributed by atoms with van der Waals surface area (Å²) < 4.78 is 1.78. The smallest absolute Gasteiger partial charge is 0.269 e. The zero-order valence-corrected chi connectivity index (χ0v) is 10.2. The predicted octanol–water partition coefficient (Wildman–Crippen LogP) is 1.39. The van der Waals surface area contributed by atoms with E-state index in [0.29, 0.717) is 12.6 Å². The third-order valence-electron chi connectivity index (χ3n) is 3.06. The molecule has 17 heavy (non-hydrogen) atoms. The summed E-state index contributed by atoms with van der Waals surface area (Å²) in [4.78, 5) is 16.0. The van der Waals surface area contributed by atoms with Gasteiger partial charge in [0.25, 0.3) is 5.56 Å². The molecule has 0 saturated carbocycles. The number of rotatable bonds is 4. The van der Waals surface area contributed by atoms with E-state index >= 15 is 0 Å². The molecule has 1 heterocycles. The quantitative estimate of drug-likeness (QED) is 0.865. The van der Waals surface area contributed by atoms with Gasteiger partial charge in [0.15, 0.2) is 0 Å². The molecule has 1 atom stereocenters. The summed E-state index contributed by atoms with van der Waals surface area (Å²) in [5.74, 6) is 0. The summed E-state index contributed by atoms with van der Waals surface area (Å²) in [6.07, 6.45) is 2.38. The summed E-state index contributed by atoms with van der Waals surface area (Å²) in [5, 5.41) is 3.21. The van der Waals surface area contributed by atoms with Crippen LogP contribution in [0.15, 0.2) is 35.3 Å². The van der Waals surface area contributed by atoms with E-state index in [1.807, 2.05) is 31.3 Å². The standard InChI is InChI=1S/C13H17N3O/c1-3-10(14-2)9-16-12-7-5-4-6-11(12)15-8-13(16)17/h4-8,10,14H,3,9H2,1-2H3. The van der Waals surface area contributed by atoms with Crippen LogP contribution in [0.25, 0.3) is 11.0 Å². The summed E-state index contributed by atoms with van der Waals surface area (Å²) in [6, 6.07) is 8.02. The Morgan fingerprint density at radius 3 is 2.88 bits per heavy atom. The lowest BCUT2D eigenvalue weighted by molar-refractivity contribution is 0.469. The molecule has 1 N–H and O–H groups in total. The summed E-state index contributed by atoms with van der Waals surface area (Å²) in [5.41, 5.74) is 1.71. The van der Waals surface area contributed by atoms with Gasteiger partial charge in [-0.1, -0.05) is 19.1 Å². The Morgan fingerprint density at radius 2 is 2.18 bits per heavy atom. The fraction of sp³-hybridized carbons (Fsp3) is 0.385. The third-order valence-corrected chi connectivity index (χ3v) is 3.06. The van der Waals surface area contributed by atoms with E-state index in [0.717, 1.165) is 17.5 Å². The Balaban J connectivity index is 2.51. The molecule has 1 unspecified atom stereocenters. The van der Waals surface area contributed by atoms with E-state index in [1.54, 1.807) is 4.57 Å². The molecule has 0 aliphatic rings. The molecule has 4 heteroatoms. The summed E-state index contributed by atoms with van der Waals surface area (Å²) in [7, 11) is 1.92. The molecule has 2 rings (SSSR count). The number of aromatic nitrogens is 2. The predicted molar refractivity (Wildman–Crippen MR) is 69.1 cm³/mol. The highest BCUT2D eigenvalue weighted by Gasteiger charge is 2.08. The average molecular weight is 231 g/mol. The first-order valence-corrected chi connectivity index (χ1v) is 5.88. The Morgan fingerprint density at radius 1 is 1.41 bits per heavy atom. The fourth-order valence-electron chi connectivity index (χ4n) is 1.95. The zero-order chi connectivity index (χ0) is 12.3. The first kappa shape index (κ1) is 11.8. The number of hydrogen-bond acceptors (Lipinski definition) is 3. The number of para-hydroxylation sites is 2. The maximum absolute atomic E-state index is 11.9. The van der Waals surface area contributed by atoms with Crippen LogP contribution in [0, 0.1) is 0 Å².